The van der Waals surface area contributed by atoms with Crippen LogP contribution in [0.15, 0.2) is 58.2 Å². The number of aromatic nitrogens is 1. The smallest absolute Gasteiger partial charge is 0.248 e. The first-order valence-electron chi connectivity index (χ1n) is 12.7. The molecule has 0 saturated heterocycles. The molecular weight excluding hydrogens is 494 g/mol. The van der Waals surface area contributed by atoms with Crippen molar-refractivity contribution in [3.63, 3.8) is 0 Å². The molecule has 3 rings (SSSR count). The molecule has 0 fully saturated rings. The number of unbranched alkanes of at least 4 members (excludes halogenated alkanes) is 4. The number of aryl methyl sites for hydroxylation is 1. The third-order valence-corrected chi connectivity index (χ3v) is 7.14. The Kier molecular flexibility index (Phi) is 11.1. The van der Waals surface area contributed by atoms with Gasteiger partial charge >= 0.3 is 0 Å². The van der Waals surface area contributed by atoms with Crippen LogP contribution >= 0.6 is 0 Å². The second-order valence-electron chi connectivity index (χ2n) is 9.18. The molecule has 0 saturated carbocycles. The number of phenolic OH excluding ortho intramolecular Hbond substituents is 1. The van der Waals surface area contributed by atoms with Gasteiger partial charge in [-0.1, -0.05) is 37.5 Å². The summed E-state index contributed by atoms with van der Waals surface area (Å²) in [5.74, 6) is -0.0184. The molecule has 0 bridgehead atoms. The van der Waals surface area contributed by atoms with Gasteiger partial charge in [-0.3, -0.25) is 4.79 Å². The summed E-state index contributed by atoms with van der Waals surface area (Å²) in [6, 6.07) is 12.9. The molecule has 202 valence electrons. The monoisotopic (exact) mass is 531 g/mol. The largest absolute Gasteiger partial charge is 0.506 e. The predicted molar refractivity (Wildman–Crippen MR) is 144 cm³/mol. The van der Waals surface area contributed by atoms with Crippen LogP contribution in [-0.2, 0) is 21.2 Å². The van der Waals surface area contributed by atoms with Gasteiger partial charge in [-0.25, -0.2) is 13.6 Å². The third-order valence-electron chi connectivity index (χ3n) is 6.23. The maximum atomic E-state index is 11.5. The number of phenols is 1. The minimum absolute atomic E-state index is 0.0184. The lowest BCUT2D eigenvalue weighted by Gasteiger charge is -2.15. The topological polar surface area (TPSA) is 155 Å². The third kappa shape index (κ3) is 9.24. The summed E-state index contributed by atoms with van der Waals surface area (Å²) in [7, 11) is -3.67. The Morgan fingerprint density at radius 1 is 0.973 bits per heavy atom. The molecular formula is C27H37N3O6S. The van der Waals surface area contributed by atoms with Crippen molar-refractivity contribution in [2.24, 2.45) is 5.14 Å². The molecule has 1 aromatic heterocycles. The van der Waals surface area contributed by atoms with Gasteiger partial charge in [-0.15, -0.1) is 0 Å². The Morgan fingerprint density at radius 3 is 2.54 bits per heavy atom. The summed E-state index contributed by atoms with van der Waals surface area (Å²) in [6.45, 7) is 2.54. The Morgan fingerprint density at radius 2 is 1.73 bits per heavy atom. The number of fused-ring (bicyclic) bond motifs is 1. The second kappa shape index (κ2) is 14.3. The van der Waals surface area contributed by atoms with Gasteiger partial charge in [-0.2, -0.15) is 0 Å². The molecule has 0 spiro atoms. The first kappa shape index (κ1) is 28.8. The lowest BCUT2D eigenvalue weighted by atomic mass is 10.0. The molecule has 1 atom stereocenters. The zero-order valence-electron chi connectivity index (χ0n) is 21.0. The van der Waals surface area contributed by atoms with Crippen molar-refractivity contribution in [1.82, 2.24) is 10.3 Å². The normalized spacial score (nSPS) is 12.7. The highest BCUT2D eigenvalue weighted by atomic mass is 32.2. The molecule has 2 aromatic carbocycles. The summed E-state index contributed by atoms with van der Waals surface area (Å²) in [4.78, 5) is 14.3. The van der Waals surface area contributed by atoms with E-state index in [-0.39, 0.29) is 16.2 Å². The lowest BCUT2D eigenvalue weighted by molar-refractivity contribution is 0.127. The van der Waals surface area contributed by atoms with Crippen molar-refractivity contribution in [2.45, 2.75) is 55.9 Å². The number of ether oxygens (including phenoxy) is 1. The first-order chi connectivity index (χ1) is 17.8. The van der Waals surface area contributed by atoms with E-state index >= 15 is 0 Å². The minimum Gasteiger partial charge on any atom is -0.506 e. The van der Waals surface area contributed by atoms with Crippen LogP contribution in [0.4, 0.5) is 0 Å². The fraction of sp³-hybridized carbons (Fsp3) is 0.444. The maximum absolute atomic E-state index is 11.5. The van der Waals surface area contributed by atoms with E-state index in [2.05, 4.69) is 10.3 Å². The number of primary sulfonamides is 1. The van der Waals surface area contributed by atoms with Crippen LogP contribution in [0.2, 0.25) is 0 Å². The fourth-order valence-corrected chi connectivity index (χ4v) is 4.82. The van der Waals surface area contributed by atoms with Gasteiger partial charge in [0, 0.05) is 31.2 Å². The number of pyridine rings is 1. The molecule has 0 amide bonds. The Labute approximate surface area is 217 Å². The number of sulfonamides is 1. The van der Waals surface area contributed by atoms with Crippen molar-refractivity contribution in [3.05, 3.63) is 70.0 Å². The molecule has 0 unspecified atom stereocenters. The van der Waals surface area contributed by atoms with Gasteiger partial charge < -0.3 is 25.3 Å². The lowest BCUT2D eigenvalue weighted by Crippen LogP contribution is -2.22. The predicted octanol–water partition coefficient (Wildman–Crippen LogP) is 3.10. The molecule has 0 aliphatic heterocycles. The maximum Gasteiger partial charge on any atom is 0.248 e. The molecule has 9 nitrogen and oxygen atoms in total. The number of nitrogens with two attached hydrogens (primary N) is 1. The van der Waals surface area contributed by atoms with Gasteiger partial charge in [0.05, 0.1) is 16.5 Å². The number of nitrogens with one attached hydrogen (secondary N) is 2. The summed E-state index contributed by atoms with van der Waals surface area (Å²) < 4.78 is 28.5. The molecule has 0 radical (unpaired) electrons. The van der Waals surface area contributed by atoms with Crippen LogP contribution in [0.25, 0.3) is 10.9 Å². The molecule has 6 N–H and O–H groups in total. The molecule has 1 heterocycles. The van der Waals surface area contributed by atoms with Crippen molar-refractivity contribution in [1.29, 1.82) is 0 Å². The number of aliphatic hydroxyl groups excluding tert-OH is 1. The van der Waals surface area contributed by atoms with Crippen molar-refractivity contribution >= 4 is 20.9 Å². The van der Waals surface area contributed by atoms with Gasteiger partial charge in [0.1, 0.15) is 5.75 Å². The quantitative estimate of drug-likeness (QED) is 0.178. The van der Waals surface area contributed by atoms with Crippen LogP contribution in [0.1, 0.15) is 55.8 Å². The number of hydrogen-bond donors (Lipinski definition) is 5. The molecule has 3 aromatic rings. The SMILES string of the molecule is NS(=O)(=O)c1cccc(CCCOCCCCCCCNC[C@H](O)c2ccc(O)c3[nH]c(=O)ccc23)c1. The number of rotatable bonds is 16. The van der Waals surface area contributed by atoms with Crippen LogP contribution in [0, 0.1) is 0 Å². The van der Waals surface area contributed by atoms with Gasteiger partial charge in [0.15, 0.2) is 0 Å². The number of aromatic hydroxyl groups is 1. The number of H-pyrrole nitrogens is 1. The van der Waals surface area contributed by atoms with E-state index in [9.17, 15) is 23.4 Å². The van der Waals surface area contributed by atoms with Crippen LogP contribution in [0.3, 0.4) is 0 Å². The number of aliphatic hydroxyl groups is 1. The summed E-state index contributed by atoms with van der Waals surface area (Å²) in [6.07, 6.45) is 6.13. The van der Waals surface area contributed by atoms with Crippen molar-refractivity contribution < 1.29 is 23.4 Å². The van der Waals surface area contributed by atoms with Crippen LogP contribution in [-0.4, -0.2) is 49.9 Å². The standard InChI is InChI=1S/C27H37N3O6S/c28-37(34,35)21-10-6-8-20(18-21)9-7-17-36-16-5-3-1-2-4-15-29-19-25(32)22-11-13-24(31)27-23(22)12-14-26(33)30-27/h6,8,10-14,18,25,29,31-32H,1-5,7,9,15-17,19H2,(H,30,33)(H2,28,34,35)/t25-/m0/s1. The highest BCUT2D eigenvalue weighted by Crippen LogP contribution is 2.28. The van der Waals surface area contributed by atoms with Crippen LogP contribution in [0.5, 0.6) is 5.75 Å². The zero-order valence-corrected chi connectivity index (χ0v) is 21.8. The second-order valence-corrected chi connectivity index (χ2v) is 10.7. The zero-order chi connectivity index (χ0) is 26.7. The van der Waals surface area contributed by atoms with Crippen molar-refractivity contribution in [3.8, 4) is 5.75 Å². The number of aromatic amines is 1. The highest BCUT2D eigenvalue weighted by Gasteiger charge is 2.13. The minimum atomic E-state index is -3.67. The van der Waals surface area contributed by atoms with E-state index in [1.807, 2.05) is 6.07 Å². The first-order valence-corrected chi connectivity index (χ1v) is 14.2. The Bertz CT molecular complexity index is 1310. The molecule has 37 heavy (non-hydrogen) atoms. The fourth-order valence-electron chi connectivity index (χ4n) is 4.24. The molecule has 0 aliphatic carbocycles. The highest BCUT2D eigenvalue weighted by molar-refractivity contribution is 7.89. The van der Waals surface area contributed by atoms with Crippen LogP contribution < -0.4 is 16.0 Å². The average Bonchev–Trinajstić information content (AvgIpc) is 2.87. The van der Waals surface area contributed by atoms with E-state index in [0.29, 0.717) is 36.2 Å². The van der Waals surface area contributed by atoms with Gasteiger partial charge in [0.2, 0.25) is 15.6 Å². The van der Waals surface area contributed by atoms with E-state index in [4.69, 9.17) is 9.88 Å². The summed E-state index contributed by atoms with van der Waals surface area (Å²) in [5.41, 5.74) is 1.63. The molecule has 0 aliphatic rings. The average molecular weight is 532 g/mol. The Hall–Kier alpha value is -2.76. The van der Waals surface area contributed by atoms with E-state index in [1.54, 1.807) is 24.3 Å². The van der Waals surface area contributed by atoms with E-state index in [1.165, 1.54) is 18.2 Å². The van der Waals surface area contributed by atoms with Gasteiger partial charge in [-0.05, 0) is 67.6 Å². The number of hydrogen-bond acceptors (Lipinski definition) is 7. The van der Waals surface area contributed by atoms with Crippen molar-refractivity contribution in [2.75, 3.05) is 26.3 Å². The number of benzene rings is 2. The van der Waals surface area contributed by atoms with Gasteiger partial charge in [0.25, 0.3) is 0 Å². The summed E-state index contributed by atoms with van der Waals surface area (Å²) in [5, 5.41) is 29.6. The van der Waals surface area contributed by atoms with E-state index < -0.39 is 16.1 Å². The molecule has 10 heteroatoms. The Balaban J connectivity index is 1.20. The van der Waals surface area contributed by atoms with E-state index in [0.717, 1.165) is 57.1 Å². The summed E-state index contributed by atoms with van der Waals surface area (Å²) >= 11 is 0.